The maximum atomic E-state index is 3.52. The second-order valence-corrected chi connectivity index (χ2v) is 5.02. The van der Waals surface area contributed by atoms with Crippen molar-refractivity contribution in [3.8, 4) is 0 Å². The van der Waals surface area contributed by atoms with Gasteiger partial charge in [0, 0.05) is 0 Å². The maximum Gasteiger partial charge on any atom is -1.00 e. The van der Waals surface area contributed by atoms with Crippen LogP contribution in [0.5, 0.6) is 0 Å². The molecule has 0 bridgehead atoms. The minimum absolute atomic E-state index is 0. The molecule has 0 aromatic carbocycles. The molecule has 1 rings (SSSR count). The Labute approximate surface area is 130 Å². The first-order chi connectivity index (χ1) is 6.09. The van der Waals surface area contributed by atoms with E-state index in [0.29, 0.717) is 18.1 Å². The first kappa shape index (κ1) is 22.6. The molecule has 16 heavy (non-hydrogen) atoms. The van der Waals surface area contributed by atoms with Crippen LogP contribution in [-0.2, 0) is 20.7 Å². The van der Waals surface area contributed by atoms with Crippen molar-refractivity contribution < 1.29 is 57.9 Å². The minimum Gasteiger partial charge on any atom is -1.00 e. The molecule has 0 amide bonds. The van der Waals surface area contributed by atoms with Crippen molar-refractivity contribution in [2.45, 2.75) is 38.9 Å². The zero-order valence-corrected chi connectivity index (χ0v) is 13.8. The van der Waals surface area contributed by atoms with E-state index in [-0.39, 0.29) is 37.2 Å². The normalized spacial score (nSPS) is 31.9. The van der Waals surface area contributed by atoms with E-state index in [0.717, 1.165) is 19.6 Å². The van der Waals surface area contributed by atoms with Gasteiger partial charge in [-0.3, -0.25) is 0 Å². The predicted octanol–water partition coefficient (Wildman–Crippen LogP) is -8.88. The summed E-state index contributed by atoms with van der Waals surface area (Å²) >= 11 is 2.19. The third-order valence-corrected chi connectivity index (χ3v) is 3.51. The summed E-state index contributed by atoms with van der Waals surface area (Å²) < 4.78 is 2.41. The van der Waals surface area contributed by atoms with Crippen LogP contribution >= 0.6 is 0 Å². The third kappa shape index (κ3) is 8.54. The smallest absolute Gasteiger partial charge is 1.00 e. The summed E-state index contributed by atoms with van der Waals surface area (Å²) in [5.74, 6) is 0. The van der Waals surface area contributed by atoms with Gasteiger partial charge < -0.3 is 37.2 Å². The van der Waals surface area contributed by atoms with Crippen molar-refractivity contribution in [3.63, 3.8) is 0 Å². The molecule has 1 fully saturated rings. The number of nitrogens with zero attached hydrogens (tertiary/aromatic N) is 1. The second kappa shape index (κ2) is 11.5. The molecule has 1 saturated heterocycles. The van der Waals surface area contributed by atoms with Gasteiger partial charge in [0.2, 0.25) is 0 Å². The number of halogens is 3. The Kier molecular flexibility index (Phi) is 16.3. The summed E-state index contributed by atoms with van der Waals surface area (Å²) in [7, 11) is 0. The van der Waals surface area contributed by atoms with Gasteiger partial charge in [0.15, 0.2) is 0 Å². The zero-order valence-electron chi connectivity index (χ0n) is 9.93. The van der Waals surface area contributed by atoms with Gasteiger partial charge in [0.1, 0.15) is 0 Å². The average molecular weight is 325 g/mol. The monoisotopic (exact) mass is 323 g/mol. The molecule has 1 aliphatic rings. The zero-order chi connectivity index (χ0) is 9.84. The SMILES string of the molecule is CC1CNC(C)C[N]([Ti+3])C(C)CN1.[Cl-].[Cl-].[Cl-]. The fourth-order valence-corrected chi connectivity index (χ4v) is 2.04. The van der Waals surface area contributed by atoms with Crippen molar-refractivity contribution in [2.24, 2.45) is 0 Å². The summed E-state index contributed by atoms with van der Waals surface area (Å²) in [6.07, 6.45) is 0. The molecule has 0 aromatic rings. The van der Waals surface area contributed by atoms with Crippen LogP contribution in [0.1, 0.15) is 20.8 Å². The summed E-state index contributed by atoms with van der Waals surface area (Å²) in [5, 5.41) is 7.04. The van der Waals surface area contributed by atoms with Crippen molar-refractivity contribution >= 4 is 0 Å². The maximum absolute atomic E-state index is 3.52. The Morgan fingerprint density at radius 3 is 2.00 bits per heavy atom. The van der Waals surface area contributed by atoms with Gasteiger partial charge in [-0.25, -0.2) is 0 Å². The summed E-state index contributed by atoms with van der Waals surface area (Å²) in [6.45, 7) is 10.1. The topological polar surface area (TPSA) is 27.3 Å². The molecule has 0 radical (unpaired) electrons. The summed E-state index contributed by atoms with van der Waals surface area (Å²) in [5.41, 5.74) is 0. The van der Waals surface area contributed by atoms with Crippen molar-refractivity contribution in [2.75, 3.05) is 19.6 Å². The molecule has 0 saturated carbocycles. The van der Waals surface area contributed by atoms with Crippen LogP contribution in [0.25, 0.3) is 0 Å². The van der Waals surface area contributed by atoms with Gasteiger partial charge in [-0.2, -0.15) is 0 Å². The fourth-order valence-electron chi connectivity index (χ4n) is 1.47. The molecule has 3 unspecified atom stereocenters. The Morgan fingerprint density at radius 1 is 0.938 bits per heavy atom. The fraction of sp³-hybridized carbons (Fsp3) is 1.00. The molecule has 0 aromatic heterocycles. The van der Waals surface area contributed by atoms with E-state index >= 15 is 0 Å². The molecule has 7 heteroatoms. The molecular weight excluding hydrogens is 304 g/mol. The average Bonchev–Trinajstić information content (AvgIpc) is 2.13. The van der Waals surface area contributed by atoms with E-state index < -0.39 is 0 Å². The van der Waals surface area contributed by atoms with E-state index in [4.69, 9.17) is 0 Å². The Hall–Kier alpha value is 1.46. The Morgan fingerprint density at radius 2 is 1.44 bits per heavy atom. The molecule has 0 spiro atoms. The predicted molar refractivity (Wildman–Crippen MR) is 51.1 cm³/mol. The molecule has 1 aliphatic heterocycles. The first-order valence-corrected chi connectivity index (χ1v) is 5.74. The van der Waals surface area contributed by atoms with Crippen LogP contribution in [0.2, 0.25) is 0 Å². The van der Waals surface area contributed by atoms with Crippen LogP contribution in [0.3, 0.4) is 0 Å². The van der Waals surface area contributed by atoms with E-state index in [9.17, 15) is 0 Å². The van der Waals surface area contributed by atoms with Gasteiger partial charge in [-0.15, -0.1) is 0 Å². The Bertz CT molecular complexity index is 165. The van der Waals surface area contributed by atoms with Crippen LogP contribution < -0.4 is 47.9 Å². The number of nitrogens with one attached hydrogen (secondary N) is 2. The minimum atomic E-state index is 0. The van der Waals surface area contributed by atoms with E-state index in [1.165, 1.54) is 0 Å². The van der Waals surface area contributed by atoms with Gasteiger partial charge >= 0.3 is 93.2 Å². The molecule has 3 atom stereocenters. The standard InChI is InChI=1S/C9H20N3.3ClH.Ti/c1-7-4-11-9(3)6-12-8(2)5-10-7;;;;/h7-11H,4-6H2,1-3H3;3*1H;/q-1;;;;+4/p-3. The Balaban J connectivity index is -0.000000563. The quantitative estimate of drug-likeness (QED) is 0.434. The van der Waals surface area contributed by atoms with E-state index in [2.05, 4.69) is 55.5 Å². The van der Waals surface area contributed by atoms with E-state index in [1.54, 1.807) is 0 Å². The van der Waals surface area contributed by atoms with Crippen molar-refractivity contribution in [3.05, 3.63) is 0 Å². The van der Waals surface area contributed by atoms with Crippen LogP contribution in [0.4, 0.5) is 0 Å². The van der Waals surface area contributed by atoms with Gasteiger partial charge in [0.25, 0.3) is 0 Å². The van der Waals surface area contributed by atoms with Gasteiger partial charge in [-0.05, 0) is 0 Å². The molecule has 2 N–H and O–H groups in total. The molecule has 96 valence electrons. The molecule has 3 nitrogen and oxygen atoms in total. The third-order valence-electron chi connectivity index (χ3n) is 2.54. The molecule has 0 aliphatic carbocycles. The van der Waals surface area contributed by atoms with Crippen molar-refractivity contribution in [1.82, 2.24) is 14.0 Å². The van der Waals surface area contributed by atoms with Crippen LogP contribution in [0.15, 0.2) is 0 Å². The van der Waals surface area contributed by atoms with Crippen LogP contribution in [-0.4, -0.2) is 41.1 Å². The van der Waals surface area contributed by atoms with Crippen LogP contribution in [0, 0.1) is 0 Å². The number of hydrogen-bond donors (Lipinski definition) is 2. The molecule has 1 heterocycles. The van der Waals surface area contributed by atoms with Crippen molar-refractivity contribution in [1.29, 1.82) is 0 Å². The molecular formula is C9H20Cl3N3Ti. The van der Waals surface area contributed by atoms with E-state index in [1.807, 2.05) is 0 Å². The largest absolute Gasteiger partial charge is 1.00 e. The second-order valence-electron chi connectivity index (χ2n) is 4.12. The van der Waals surface area contributed by atoms with Gasteiger partial charge in [0.05, 0.1) is 0 Å². The number of rotatable bonds is 0. The summed E-state index contributed by atoms with van der Waals surface area (Å²) in [4.78, 5) is 0. The first-order valence-electron chi connectivity index (χ1n) is 5.04. The summed E-state index contributed by atoms with van der Waals surface area (Å²) in [6, 6.07) is 1.80. The van der Waals surface area contributed by atoms with Gasteiger partial charge in [-0.1, -0.05) is 0 Å². The number of hydrogen-bond acceptors (Lipinski definition) is 3.